The molecule has 0 spiro atoms. The Morgan fingerprint density at radius 3 is 3.06 bits per heavy atom. The number of rotatable bonds is 5. The van der Waals surface area contributed by atoms with Crippen molar-refractivity contribution in [1.82, 2.24) is 10.3 Å². The molecule has 1 heterocycles. The smallest absolute Gasteiger partial charge is 0.224 e. The van der Waals surface area contributed by atoms with Crippen molar-refractivity contribution in [1.29, 1.82) is 0 Å². The third kappa shape index (κ3) is 3.00. The Balaban J connectivity index is 1.94. The molecule has 0 aliphatic heterocycles. The number of amides is 1. The molecule has 0 aliphatic carbocycles. The van der Waals surface area contributed by atoms with Gasteiger partial charge in [0, 0.05) is 23.6 Å². The molecule has 2 N–H and O–H groups in total. The fourth-order valence-electron chi connectivity index (χ4n) is 1.97. The van der Waals surface area contributed by atoms with Gasteiger partial charge in [-0.1, -0.05) is 30.4 Å². The summed E-state index contributed by atoms with van der Waals surface area (Å²) in [4.78, 5) is 14.9. The van der Waals surface area contributed by atoms with E-state index in [1.54, 1.807) is 0 Å². The molecule has 2 aromatic rings. The third-order valence-corrected chi connectivity index (χ3v) is 2.89. The van der Waals surface area contributed by atoms with Crippen molar-refractivity contribution in [3.63, 3.8) is 0 Å². The fourth-order valence-corrected chi connectivity index (χ4v) is 1.97. The summed E-state index contributed by atoms with van der Waals surface area (Å²) in [5.74, 6) is 0.0734. The van der Waals surface area contributed by atoms with Crippen molar-refractivity contribution in [3.8, 4) is 0 Å². The van der Waals surface area contributed by atoms with Gasteiger partial charge < -0.3 is 10.3 Å². The molecule has 1 amide bonds. The van der Waals surface area contributed by atoms with Gasteiger partial charge in [-0.25, -0.2) is 0 Å². The van der Waals surface area contributed by atoms with Crippen molar-refractivity contribution in [3.05, 3.63) is 48.2 Å². The lowest BCUT2D eigenvalue weighted by atomic mass is 10.1. The number of fused-ring (bicyclic) bond motifs is 1. The minimum atomic E-state index is 0.0734. The molecule has 1 aromatic heterocycles. The van der Waals surface area contributed by atoms with Crippen LogP contribution in [0.25, 0.3) is 10.9 Å². The molecule has 0 bridgehead atoms. The van der Waals surface area contributed by atoms with Gasteiger partial charge in [0.1, 0.15) is 0 Å². The SMILES string of the molecule is C/C=C/CCNC(=O)Cc1c[nH]c2ccccc12. The topological polar surface area (TPSA) is 44.9 Å². The van der Waals surface area contributed by atoms with E-state index >= 15 is 0 Å². The van der Waals surface area contributed by atoms with Gasteiger partial charge in [0.25, 0.3) is 0 Å². The maximum Gasteiger partial charge on any atom is 0.224 e. The first kappa shape index (κ1) is 12.4. The summed E-state index contributed by atoms with van der Waals surface area (Å²) in [7, 11) is 0. The lowest BCUT2D eigenvalue weighted by Gasteiger charge is -2.02. The van der Waals surface area contributed by atoms with E-state index in [2.05, 4.69) is 10.3 Å². The van der Waals surface area contributed by atoms with Crippen LogP contribution in [-0.2, 0) is 11.2 Å². The van der Waals surface area contributed by atoms with Gasteiger partial charge in [0.2, 0.25) is 5.91 Å². The van der Waals surface area contributed by atoms with Gasteiger partial charge in [-0.2, -0.15) is 0 Å². The maximum absolute atomic E-state index is 11.8. The van der Waals surface area contributed by atoms with E-state index in [4.69, 9.17) is 0 Å². The number of para-hydroxylation sites is 1. The minimum absolute atomic E-state index is 0.0734. The van der Waals surface area contributed by atoms with Gasteiger partial charge in [-0.15, -0.1) is 0 Å². The molecule has 3 heteroatoms. The molecule has 0 aliphatic rings. The molecule has 3 nitrogen and oxygen atoms in total. The van der Waals surface area contributed by atoms with E-state index in [9.17, 15) is 4.79 Å². The van der Waals surface area contributed by atoms with Gasteiger partial charge in [-0.3, -0.25) is 4.79 Å². The van der Waals surface area contributed by atoms with Crippen LogP contribution >= 0.6 is 0 Å². The summed E-state index contributed by atoms with van der Waals surface area (Å²) in [6, 6.07) is 8.03. The van der Waals surface area contributed by atoms with E-state index < -0.39 is 0 Å². The van der Waals surface area contributed by atoms with Crippen molar-refractivity contribution in [2.45, 2.75) is 19.8 Å². The largest absolute Gasteiger partial charge is 0.361 e. The molecular weight excluding hydrogens is 224 g/mol. The second-order valence-electron chi connectivity index (χ2n) is 4.24. The average molecular weight is 242 g/mol. The molecular formula is C15H18N2O. The monoisotopic (exact) mass is 242 g/mol. The fraction of sp³-hybridized carbons (Fsp3) is 0.267. The van der Waals surface area contributed by atoms with Crippen molar-refractivity contribution >= 4 is 16.8 Å². The summed E-state index contributed by atoms with van der Waals surface area (Å²) in [6.45, 7) is 2.68. The Labute approximate surface area is 107 Å². The standard InChI is InChI=1S/C15H18N2O/c1-2-3-6-9-16-15(18)10-12-11-17-14-8-5-4-7-13(12)14/h2-5,7-8,11,17H,6,9-10H2,1H3,(H,16,18)/b3-2+. The van der Waals surface area contributed by atoms with Crippen LogP contribution in [0.15, 0.2) is 42.6 Å². The van der Waals surface area contributed by atoms with Crippen LogP contribution < -0.4 is 5.32 Å². The average Bonchev–Trinajstić information content (AvgIpc) is 2.78. The molecule has 1 aromatic carbocycles. The second kappa shape index (κ2) is 6.05. The summed E-state index contributed by atoms with van der Waals surface area (Å²) < 4.78 is 0. The van der Waals surface area contributed by atoms with Crippen LogP contribution in [0.2, 0.25) is 0 Å². The molecule has 0 radical (unpaired) electrons. The zero-order valence-corrected chi connectivity index (χ0v) is 10.6. The highest BCUT2D eigenvalue weighted by Gasteiger charge is 2.07. The molecule has 0 saturated carbocycles. The number of aromatic amines is 1. The van der Waals surface area contributed by atoms with E-state index in [-0.39, 0.29) is 5.91 Å². The Bertz CT molecular complexity index is 554. The number of allylic oxidation sites excluding steroid dienone is 1. The number of benzene rings is 1. The third-order valence-electron chi connectivity index (χ3n) is 2.89. The zero-order chi connectivity index (χ0) is 12.8. The zero-order valence-electron chi connectivity index (χ0n) is 10.6. The molecule has 0 atom stereocenters. The first-order chi connectivity index (χ1) is 8.81. The first-order valence-corrected chi connectivity index (χ1v) is 6.24. The molecule has 0 unspecified atom stereocenters. The van der Waals surface area contributed by atoms with Crippen LogP contribution in [0.5, 0.6) is 0 Å². The van der Waals surface area contributed by atoms with Gasteiger partial charge >= 0.3 is 0 Å². The predicted octanol–water partition coefficient (Wildman–Crippen LogP) is 2.79. The Morgan fingerprint density at radius 1 is 1.39 bits per heavy atom. The number of carbonyl (C=O) groups excluding carboxylic acids is 1. The van der Waals surface area contributed by atoms with E-state index in [1.165, 1.54) is 0 Å². The van der Waals surface area contributed by atoms with Crippen LogP contribution in [-0.4, -0.2) is 17.4 Å². The number of H-pyrrole nitrogens is 1. The minimum Gasteiger partial charge on any atom is -0.361 e. The number of carbonyl (C=O) groups is 1. The summed E-state index contributed by atoms with van der Waals surface area (Å²) >= 11 is 0. The van der Waals surface area contributed by atoms with E-state index in [0.29, 0.717) is 13.0 Å². The highest BCUT2D eigenvalue weighted by Crippen LogP contribution is 2.17. The van der Waals surface area contributed by atoms with Crippen LogP contribution in [0.3, 0.4) is 0 Å². The van der Waals surface area contributed by atoms with Gasteiger partial charge in [0.15, 0.2) is 0 Å². The Hall–Kier alpha value is -2.03. The number of nitrogens with one attached hydrogen (secondary N) is 2. The summed E-state index contributed by atoms with van der Waals surface area (Å²) in [6.07, 6.45) is 7.27. The lowest BCUT2D eigenvalue weighted by Crippen LogP contribution is -2.25. The van der Waals surface area contributed by atoms with Crippen molar-refractivity contribution in [2.75, 3.05) is 6.54 Å². The van der Waals surface area contributed by atoms with Crippen LogP contribution in [0, 0.1) is 0 Å². The molecule has 94 valence electrons. The summed E-state index contributed by atoms with van der Waals surface area (Å²) in [5.41, 5.74) is 2.13. The second-order valence-corrected chi connectivity index (χ2v) is 4.24. The number of hydrogen-bond donors (Lipinski definition) is 2. The number of hydrogen-bond acceptors (Lipinski definition) is 1. The normalized spacial score (nSPS) is 11.2. The summed E-state index contributed by atoms with van der Waals surface area (Å²) in [5, 5.41) is 4.04. The highest BCUT2D eigenvalue weighted by atomic mass is 16.1. The Kier molecular flexibility index (Phi) is 4.18. The Morgan fingerprint density at radius 2 is 2.22 bits per heavy atom. The highest BCUT2D eigenvalue weighted by molar-refractivity contribution is 5.88. The van der Waals surface area contributed by atoms with Crippen LogP contribution in [0.1, 0.15) is 18.9 Å². The van der Waals surface area contributed by atoms with Crippen molar-refractivity contribution in [2.24, 2.45) is 0 Å². The lowest BCUT2D eigenvalue weighted by molar-refractivity contribution is -0.120. The van der Waals surface area contributed by atoms with E-state index in [1.807, 2.05) is 49.5 Å². The molecule has 0 saturated heterocycles. The van der Waals surface area contributed by atoms with E-state index in [0.717, 1.165) is 22.9 Å². The molecule has 2 rings (SSSR count). The van der Waals surface area contributed by atoms with Gasteiger partial charge in [0.05, 0.1) is 6.42 Å². The molecule has 18 heavy (non-hydrogen) atoms. The van der Waals surface area contributed by atoms with Crippen molar-refractivity contribution < 1.29 is 4.79 Å². The van der Waals surface area contributed by atoms with Gasteiger partial charge in [-0.05, 0) is 25.0 Å². The first-order valence-electron chi connectivity index (χ1n) is 6.24. The predicted molar refractivity (Wildman–Crippen MR) is 74.4 cm³/mol. The quantitative estimate of drug-likeness (QED) is 0.614. The van der Waals surface area contributed by atoms with Crippen LogP contribution in [0.4, 0.5) is 0 Å². The molecule has 0 fully saturated rings. The number of aromatic nitrogens is 1. The maximum atomic E-state index is 11.8.